The number of aromatic amines is 1. The van der Waals surface area contributed by atoms with E-state index in [1.807, 2.05) is 31.2 Å². The molecule has 1 aromatic heterocycles. The summed E-state index contributed by atoms with van der Waals surface area (Å²) in [5.74, 6) is -0.568. The molecule has 1 aromatic carbocycles. The van der Waals surface area contributed by atoms with E-state index < -0.39 is 5.92 Å². The summed E-state index contributed by atoms with van der Waals surface area (Å²) in [5.41, 5.74) is 1.52. The molecular weight excluding hydrogens is 376 g/mol. The highest BCUT2D eigenvalue weighted by Crippen LogP contribution is 2.31. The predicted molar refractivity (Wildman–Crippen MR) is 111 cm³/mol. The van der Waals surface area contributed by atoms with Gasteiger partial charge in [-0.2, -0.15) is 0 Å². The van der Waals surface area contributed by atoms with E-state index in [9.17, 15) is 14.4 Å². The Balaban J connectivity index is 1.88. The van der Waals surface area contributed by atoms with E-state index in [4.69, 9.17) is 0 Å². The molecule has 2 amide bonds. The molecular formula is C20H24N4O3S. The lowest BCUT2D eigenvalue weighted by molar-refractivity contribution is -0.123. The predicted octanol–water partition coefficient (Wildman–Crippen LogP) is 3.29. The van der Waals surface area contributed by atoms with E-state index in [0.717, 1.165) is 30.6 Å². The quantitative estimate of drug-likeness (QED) is 0.376. The van der Waals surface area contributed by atoms with Crippen LogP contribution in [-0.2, 0) is 16.0 Å². The summed E-state index contributed by atoms with van der Waals surface area (Å²) in [6.07, 6.45) is 2.72. The number of thioether (sulfide) groups is 1. The van der Waals surface area contributed by atoms with Crippen LogP contribution >= 0.6 is 11.8 Å². The number of para-hydroxylation sites is 1. The highest BCUT2D eigenvalue weighted by atomic mass is 32.2. The Kier molecular flexibility index (Phi) is 6.51. The van der Waals surface area contributed by atoms with Crippen molar-refractivity contribution in [2.45, 2.75) is 50.6 Å². The largest absolute Gasteiger partial charge is 0.325 e. The number of hydrogen-bond donors (Lipinski definition) is 3. The molecule has 0 saturated carbocycles. The van der Waals surface area contributed by atoms with Gasteiger partial charge >= 0.3 is 0 Å². The number of nitrogens with one attached hydrogen (secondary N) is 3. The second-order valence-electron chi connectivity index (χ2n) is 6.64. The first-order valence-corrected chi connectivity index (χ1v) is 10.5. The van der Waals surface area contributed by atoms with E-state index in [0.29, 0.717) is 10.8 Å². The van der Waals surface area contributed by atoms with E-state index in [1.165, 1.54) is 11.8 Å². The molecule has 2 heterocycles. The van der Waals surface area contributed by atoms with Crippen molar-refractivity contribution >= 4 is 35.1 Å². The first-order chi connectivity index (χ1) is 13.5. The third kappa shape index (κ3) is 4.44. The zero-order valence-electron chi connectivity index (χ0n) is 16.0. The molecule has 0 bridgehead atoms. The number of nitrogens with zero attached hydrogens (tertiary/aromatic N) is 1. The summed E-state index contributed by atoms with van der Waals surface area (Å²) >= 11 is 1.43. The number of rotatable bonds is 7. The molecule has 1 aliphatic heterocycles. The maximum absolute atomic E-state index is 12.9. The van der Waals surface area contributed by atoms with Gasteiger partial charge in [0.1, 0.15) is 5.82 Å². The lowest BCUT2D eigenvalue weighted by Crippen LogP contribution is -2.36. The second-order valence-corrected chi connectivity index (χ2v) is 7.72. The number of benzene rings is 1. The number of unbranched alkanes of at least 4 members (excludes halogenated alkanes) is 1. The minimum absolute atomic E-state index is 0.0831. The molecule has 0 saturated heterocycles. The number of carbonyl (C=O) groups excluding carboxylic acids is 2. The monoisotopic (exact) mass is 400 g/mol. The fourth-order valence-electron chi connectivity index (χ4n) is 3.13. The molecule has 0 radical (unpaired) electrons. The molecule has 2 aromatic rings. The van der Waals surface area contributed by atoms with Gasteiger partial charge < -0.3 is 15.6 Å². The number of amides is 2. The molecule has 3 N–H and O–H groups in total. The maximum atomic E-state index is 12.9. The smallest absolute Gasteiger partial charge is 0.257 e. The zero-order chi connectivity index (χ0) is 20.1. The van der Waals surface area contributed by atoms with Gasteiger partial charge in [-0.3, -0.25) is 14.4 Å². The van der Waals surface area contributed by atoms with Crippen LogP contribution in [0.3, 0.4) is 0 Å². The van der Waals surface area contributed by atoms with Crippen LogP contribution in [0.5, 0.6) is 0 Å². The van der Waals surface area contributed by atoms with Gasteiger partial charge in [-0.1, -0.05) is 50.2 Å². The molecule has 3 rings (SSSR count). The number of aryl methyl sites for hydroxylation is 1. The molecule has 0 fully saturated rings. The van der Waals surface area contributed by atoms with Crippen molar-refractivity contribution in [2.24, 2.45) is 0 Å². The van der Waals surface area contributed by atoms with Crippen LogP contribution in [0.15, 0.2) is 34.2 Å². The van der Waals surface area contributed by atoms with E-state index >= 15 is 0 Å². The Morgan fingerprint density at radius 2 is 2.07 bits per heavy atom. The second kappa shape index (κ2) is 9.05. The topological polar surface area (TPSA) is 104 Å². The van der Waals surface area contributed by atoms with Crippen LogP contribution in [0.2, 0.25) is 0 Å². The lowest BCUT2D eigenvalue weighted by atomic mass is 9.92. The van der Waals surface area contributed by atoms with Crippen LogP contribution in [-0.4, -0.2) is 27.5 Å². The zero-order valence-corrected chi connectivity index (χ0v) is 16.8. The summed E-state index contributed by atoms with van der Waals surface area (Å²) in [7, 11) is 0. The van der Waals surface area contributed by atoms with E-state index in [1.54, 1.807) is 0 Å². The van der Waals surface area contributed by atoms with E-state index in [2.05, 4.69) is 27.5 Å². The number of carbonyl (C=O) groups is 2. The average Bonchev–Trinajstić information content (AvgIpc) is 2.67. The fraction of sp³-hybridized carbons (Fsp3) is 0.400. The van der Waals surface area contributed by atoms with Crippen LogP contribution in [0.1, 0.15) is 50.2 Å². The van der Waals surface area contributed by atoms with Gasteiger partial charge in [0.2, 0.25) is 11.8 Å². The number of aromatic nitrogens is 2. The van der Waals surface area contributed by atoms with Crippen molar-refractivity contribution in [3.05, 3.63) is 45.7 Å². The molecule has 8 heteroatoms. The average molecular weight is 401 g/mol. The van der Waals surface area contributed by atoms with E-state index in [-0.39, 0.29) is 35.2 Å². The highest BCUT2D eigenvalue weighted by Gasteiger charge is 2.34. The minimum atomic E-state index is -0.875. The van der Waals surface area contributed by atoms with Gasteiger partial charge in [-0.05, 0) is 24.5 Å². The van der Waals surface area contributed by atoms with Gasteiger partial charge in [0.15, 0.2) is 5.16 Å². The van der Waals surface area contributed by atoms with Crippen molar-refractivity contribution in [2.75, 3.05) is 16.4 Å². The molecule has 0 aliphatic carbocycles. The molecule has 1 atom stereocenters. The first-order valence-electron chi connectivity index (χ1n) is 9.49. The van der Waals surface area contributed by atoms with Crippen molar-refractivity contribution in [1.29, 1.82) is 0 Å². The SMILES string of the molecule is CCCCSc1nc2c(c(=O)[nH]1)[C@H](C(=O)Nc1ccccc1CC)CC(=O)N2. The molecule has 148 valence electrons. The van der Waals surface area contributed by atoms with Crippen molar-refractivity contribution in [3.63, 3.8) is 0 Å². The number of H-pyrrole nitrogens is 1. The Hall–Kier alpha value is -2.61. The molecule has 0 unspecified atom stereocenters. The van der Waals surface area contributed by atoms with Crippen LogP contribution in [0.4, 0.5) is 11.5 Å². The van der Waals surface area contributed by atoms with Gasteiger partial charge in [-0.25, -0.2) is 4.98 Å². The van der Waals surface area contributed by atoms with Crippen molar-refractivity contribution in [3.8, 4) is 0 Å². The van der Waals surface area contributed by atoms with Gasteiger partial charge in [0.25, 0.3) is 5.56 Å². The fourth-order valence-corrected chi connectivity index (χ4v) is 4.07. The summed E-state index contributed by atoms with van der Waals surface area (Å²) < 4.78 is 0. The third-order valence-corrected chi connectivity index (χ3v) is 5.60. The lowest BCUT2D eigenvalue weighted by Gasteiger charge is -2.24. The van der Waals surface area contributed by atoms with Gasteiger partial charge in [0.05, 0.1) is 11.5 Å². The summed E-state index contributed by atoms with van der Waals surface area (Å²) in [5, 5.41) is 5.96. The number of fused-ring (bicyclic) bond motifs is 1. The molecule has 0 spiro atoms. The molecule has 1 aliphatic rings. The molecule has 28 heavy (non-hydrogen) atoms. The Morgan fingerprint density at radius 1 is 1.29 bits per heavy atom. The summed E-state index contributed by atoms with van der Waals surface area (Å²) in [4.78, 5) is 44.8. The normalized spacial score (nSPS) is 15.6. The van der Waals surface area contributed by atoms with Crippen LogP contribution in [0.25, 0.3) is 0 Å². The van der Waals surface area contributed by atoms with Crippen LogP contribution in [0, 0.1) is 0 Å². The molecule has 7 nitrogen and oxygen atoms in total. The minimum Gasteiger partial charge on any atom is -0.325 e. The third-order valence-electron chi connectivity index (χ3n) is 4.64. The standard InChI is InChI=1S/C20H24N4O3S/c1-3-5-10-28-20-23-17-16(19(27)24-20)13(11-15(25)22-17)18(26)21-14-9-7-6-8-12(14)4-2/h6-9,13H,3-5,10-11H2,1-2H3,(H,21,26)(H2,22,23,24,25,27)/t13-/m1/s1. The number of hydrogen-bond acceptors (Lipinski definition) is 5. The summed E-state index contributed by atoms with van der Waals surface area (Å²) in [6.45, 7) is 4.09. The Bertz CT molecular complexity index is 941. The Labute approximate surface area is 167 Å². The number of anilines is 2. The first kappa shape index (κ1) is 20.1. The van der Waals surface area contributed by atoms with Gasteiger partial charge in [-0.15, -0.1) is 0 Å². The summed E-state index contributed by atoms with van der Waals surface area (Å²) in [6, 6.07) is 7.50. The van der Waals surface area contributed by atoms with Crippen molar-refractivity contribution < 1.29 is 9.59 Å². The highest BCUT2D eigenvalue weighted by molar-refractivity contribution is 7.99. The Morgan fingerprint density at radius 3 is 2.82 bits per heavy atom. The van der Waals surface area contributed by atoms with Gasteiger partial charge in [0, 0.05) is 17.9 Å². The maximum Gasteiger partial charge on any atom is 0.257 e. The van der Waals surface area contributed by atoms with Crippen LogP contribution < -0.4 is 16.2 Å². The van der Waals surface area contributed by atoms with Crippen molar-refractivity contribution in [1.82, 2.24) is 9.97 Å².